The summed E-state index contributed by atoms with van der Waals surface area (Å²) in [5, 5.41) is 10.5. The molecule has 1 heterocycles. The first kappa shape index (κ1) is 9.45. The third-order valence-electron chi connectivity index (χ3n) is 2.18. The number of hydrogen-bond donors (Lipinski definition) is 0. The lowest BCUT2D eigenvalue weighted by Gasteiger charge is -2.25. The summed E-state index contributed by atoms with van der Waals surface area (Å²) in [6, 6.07) is 4.19. The maximum atomic E-state index is 10.7. The Morgan fingerprint density at radius 1 is 1.53 bits per heavy atom. The summed E-state index contributed by atoms with van der Waals surface area (Å²) in [6.45, 7) is 0.821. The highest BCUT2D eigenvalue weighted by Gasteiger charge is 2.20. The van der Waals surface area contributed by atoms with Crippen molar-refractivity contribution in [2.45, 2.75) is 0 Å². The first-order valence-electron chi connectivity index (χ1n) is 4.35. The summed E-state index contributed by atoms with van der Waals surface area (Å²) in [4.78, 5) is 22.1. The summed E-state index contributed by atoms with van der Waals surface area (Å²) in [7, 11) is 0. The van der Waals surface area contributed by atoms with Crippen LogP contribution in [0, 0.1) is 10.1 Å². The molecule has 1 aliphatic rings. The highest BCUT2D eigenvalue weighted by Crippen LogP contribution is 2.33. The van der Waals surface area contributed by atoms with E-state index in [0.717, 1.165) is 0 Å². The predicted octanol–water partition coefficient (Wildman–Crippen LogP) is 0.950. The SMILES string of the molecule is O=CN1CCOc2ccc([N+](=O)[O-])cc21. The number of non-ortho nitro benzene ring substituents is 1. The average Bonchev–Trinajstić information content (AvgIpc) is 2.27. The van der Waals surface area contributed by atoms with Crippen molar-refractivity contribution in [3.8, 4) is 5.75 Å². The van der Waals surface area contributed by atoms with E-state index >= 15 is 0 Å². The second-order valence-electron chi connectivity index (χ2n) is 3.06. The Labute approximate surface area is 85.2 Å². The number of fused-ring (bicyclic) bond motifs is 1. The largest absolute Gasteiger partial charge is 0.490 e. The molecule has 0 saturated heterocycles. The van der Waals surface area contributed by atoms with Crippen LogP contribution < -0.4 is 9.64 Å². The quantitative estimate of drug-likeness (QED) is 0.412. The van der Waals surface area contributed by atoms with Crippen LogP contribution >= 0.6 is 0 Å². The van der Waals surface area contributed by atoms with Crippen LogP contribution in [0.15, 0.2) is 18.2 Å². The van der Waals surface area contributed by atoms with Gasteiger partial charge in [-0.25, -0.2) is 0 Å². The molecule has 1 amide bonds. The molecule has 0 aliphatic carbocycles. The zero-order valence-electron chi connectivity index (χ0n) is 7.75. The molecule has 0 spiro atoms. The van der Waals surface area contributed by atoms with Gasteiger partial charge < -0.3 is 9.64 Å². The van der Waals surface area contributed by atoms with E-state index in [1.807, 2.05) is 0 Å². The summed E-state index contributed by atoms with van der Waals surface area (Å²) < 4.78 is 5.27. The number of anilines is 1. The maximum Gasteiger partial charge on any atom is 0.271 e. The second-order valence-corrected chi connectivity index (χ2v) is 3.06. The smallest absolute Gasteiger partial charge is 0.271 e. The number of nitro benzene ring substituents is 1. The van der Waals surface area contributed by atoms with Gasteiger partial charge in [0, 0.05) is 12.1 Å². The minimum Gasteiger partial charge on any atom is -0.490 e. The van der Waals surface area contributed by atoms with Gasteiger partial charge in [0.25, 0.3) is 5.69 Å². The number of nitrogens with zero attached hydrogens (tertiary/aromatic N) is 2. The van der Waals surface area contributed by atoms with Crippen LogP contribution in [0.25, 0.3) is 0 Å². The van der Waals surface area contributed by atoms with Crippen molar-refractivity contribution in [2.75, 3.05) is 18.1 Å². The van der Waals surface area contributed by atoms with Gasteiger partial charge in [-0.2, -0.15) is 0 Å². The molecule has 0 fully saturated rings. The lowest BCUT2D eigenvalue weighted by molar-refractivity contribution is -0.384. The molecule has 0 aromatic heterocycles. The number of amides is 1. The molecule has 0 bridgehead atoms. The average molecular weight is 208 g/mol. The Morgan fingerprint density at radius 3 is 3.00 bits per heavy atom. The van der Waals surface area contributed by atoms with E-state index < -0.39 is 4.92 Å². The van der Waals surface area contributed by atoms with Crippen LogP contribution in [0.5, 0.6) is 5.75 Å². The Kier molecular flexibility index (Phi) is 2.24. The Hall–Kier alpha value is -2.11. The number of carbonyl (C=O) groups is 1. The number of rotatable bonds is 2. The number of benzene rings is 1. The molecule has 0 radical (unpaired) electrons. The Bertz CT molecular complexity index is 419. The minimum absolute atomic E-state index is 0.0499. The van der Waals surface area contributed by atoms with Crippen molar-refractivity contribution >= 4 is 17.8 Å². The maximum absolute atomic E-state index is 10.7. The van der Waals surface area contributed by atoms with Gasteiger partial charge in [-0.1, -0.05) is 0 Å². The third-order valence-corrected chi connectivity index (χ3v) is 2.18. The van der Waals surface area contributed by atoms with Crippen molar-refractivity contribution in [1.29, 1.82) is 0 Å². The van der Waals surface area contributed by atoms with Crippen molar-refractivity contribution in [3.63, 3.8) is 0 Å². The van der Waals surface area contributed by atoms with E-state index in [4.69, 9.17) is 4.74 Å². The highest BCUT2D eigenvalue weighted by molar-refractivity contribution is 5.80. The molecule has 78 valence electrons. The second kappa shape index (κ2) is 3.56. The molecule has 1 aliphatic heterocycles. The molecule has 0 unspecified atom stereocenters. The van der Waals surface area contributed by atoms with Crippen LogP contribution in [0.1, 0.15) is 0 Å². The van der Waals surface area contributed by atoms with Crippen molar-refractivity contribution in [2.24, 2.45) is 0 Å². The number of hydrogen-bond acceptors (Lipinski definition) is 4. The van der Waals surface area contributed by atoms with Gasteiger partial charge in [0.05, 0.1) is 17.2 Å². The number of nitro groups is 1. The van der Waals surface area contributed by atoms with Gasteiger partial charge in [0.15, 0.2) is 0 Å². The molecular formula is C9H8N2O4. The van der Waals surface area contributed by atoms with Crippen molar-refractivity contribution in [1.82, 2.24) is 0 Å². The fourth-order valence-corrected chi connectivity index (χ4v) is 1.45. The summed E-state index contributed by atoms with van der Waals surface area (Å²) in [5.41, 5.74) is 0.400. The van der Waals surface area contributed by atoms with E-state index in [2.05, 4.69) is 0 Å². The molecule has 6 heteroatoms. The molecule has 2 rings (SSSR count). The van der Waals surface area contributed by atoms with Crippen LogP contribution in [0.3, 0.4) is 0 Å². The Morgan fingerprint density at radius 2 is 2.33 bits per heavy atom. The molecule has 0 saturated carbocycles. The van der Waals surface area contributed by atoms with Crippen LogP contribution in [0.2, 0.25) is 0 Å². The van der Waals surface area contributed by atoms with E-state index in [0.29, 0.717) is 31.0 Å². The number of ether oxygens (including phenoxy) is 1. The zero-order valence-corrected chi connectivity index (χ0v) is 7.75. The predicted molar refractivity (Wildman–Crippen MR) is 52.0 cm³/mol. The molecule has 15 heavy (non-hydrogen) atoms. The molecule has 1 aromatic rings. The van der Waals surface area contributed by atoms with Gasteiger partial charge >= 0.3 is 0 Å². The first-order valence-corrected chi connectivity index (χ1v) is 4.35. The number of carbonyl (C=O) groups excluding carboxylic acids is 1. The van der Waals surface area contributed by atoms with Gasteiger partial charge in [-0.3, -0.25) is 14.9 Å². The molecular weight excluding hydrogens is 200 g/mol. The summed E-state index contributed by atoms with van der Waals surface area (Å²) in [6.07, 6.45) is 0.644. The molecule has 1 aromatic carbocycles. The van der Waals surface area contributed by atoms with E-state index in [-0.39, 0.29) is 5.69 Å². The van der Waals surface area contributed by atoms with Crippen molar-refractivity contribution in [3.05, 3.63) is 28.3 Å². The monoisotopic (exact) mass is 208 g/mol. The van der Waals surface area contributed by atoms with Crippen molar-refractivity contribution < 1.29 is 14.5 Å². The Balaban J connectivity index is 2.47. The highest BCUT2D eigenvalue weighted by atomic mass is 16.6. The lowest BCUT2D eigenvalue weighted by Crippen LogP contribution is -2.31. The molecule has 0 atom stereocenters. The zero-order chi connectivity index (χ0) is 10.8. The van der Waals surface area contributed by atoms with E-state index in [1.54, 1.807) is 0 Å². The fraction of sp³-hybridized carbons (Fsp3) is 0.222. The lowest BCUT2D eigenvalue weighted by atomic mass is 10.2. The third kappa shape index (κ3) is 1.61. The van der Waals surface area contributed by atoms with Crippen LogP contribution in [-0.2, 0) is 4.79 Å². The summed E-state index contributed by atoms with van der Waals surface area (Å²) >= 11 is 0. The van der Waals surface area contributed by atoms with Gasteiger partial charge in [0.1, 0.15) is 12.4 Å². The van der Waals surface area contributed by atoms with Gasteiger partial charge in [-0.15, -0.1) is 0 Å². The standard InChI is InChI=1S/C9H8N2O4/c12-6-10-3-4-15-9-2-1-7(11(13)14)5-8(9)10/h1-2,5-6H,3-4H2. The first-order chi connectivity index (χ1) is 7.22. The van der Waals surface area contributed by atoms with Gasteiger partial charge in [0.2, 0.25) is 6.41 Å². The topological polar surface area (TPSA) is 72.7 Å². The van der Waals surface area contributed by atoms with Crippen LogP contribution in [-0.4, -0.2) is 24.5 Å². The minimum atomic E-state index is -0.502. The van der Waals surface area contributed by atoms with E-state index in [9.17, 15) is 14.9 Å². The molecule has 0 N–H and O–H groups in total. The van der Waals surface area contributed by atoms with E-state index in [1.165, 1.54) is 23.1 Å². The van der Waals surface area contributed by atoms with Crippen LogP contribution in [0.4, 0.5) is 11.4 Å². The van der Waals surface area contributed by atoms with Gasteiger partial charge in [-0.05, 0) is 6.07 Å². The molecule has 6 nitrogen and oxygen atoms in total. The normalized spacial score (nSPS) is 14.0. The fourth-order valence-electron chi connectivity index (χ4n) is 1.45. The summed E-state index contributed by atoms with van der Waals surface area (Å²) in [5.74, 6) is 0.499.